The van der Waals surface area contributed by atoms with E-state index in [9.17, 15) is 14.4 Å². The molecular weight excluding hydrogens is 390 g/mol. The number of amides is 3. The van der Waals surface area contributed by atoms with Gasteiger partial charge in [-0.05, 0) is 42.3 Å². The fourth-order valence-corrected chi connectivity index (χ4v) is 3.05. The summed E-state index contributed by atoms with van der Waals surface area (Å²) in [6.07, 6.45) is 1.16. The first-order valence-corrected chi connectivity index (χ1v) is 10.2. The van der Waals surface area contributed by atoms with Crippen LogP contribution in [0, 0.1) is 0 Å². The van der Waals surface area contributed by atoms with Gasteiger partial charge in [0.2, 0.25) is 5.91 Å². The van der Waals surface area contributed by atoms with Gasteiger partial charge in [-0.1, -0.05) is 55.5 Å². The van der Waals surface area contributed by atoms with Gasteiger partial charge in [0, 0.05) is 24.2 Å². The van der Waals surface area contributed by atoms with E-state index in [2.05, 4.69) is 16.0 Å². The molecule has 0 fully saturated rings. The molecule has 0 aliphatic carbocycles. The zero-order chi connectivity index (χ0) is 22.1. The van der Waals surface area contributed by atoms with Crippen molar-refractivity contribution in [3.63, 3.8) is 0 Å². The number of carbonyl (C=O) groups excluding carboxylic acids is 3. The van der Waals surface area contributed by atoms with Crippen molar-refractivity contribution in [3.05, 3.63) is 95.6 Å². The molecule has 0 heterocycles. The molecule has 3 rings (SSSR count). The number of hydrogen-bond acceptors (Lipinski definition) is 3. The minimum absolute atomic E-state index is 0.0968. The minimum Gasteiger partial charge on any atom is -0.348 e. The Balaban J connectivity index is 1.69. The molecule has 31 heavy (non-hydrogen) atoms. The molecule has 0 bridgehead atoms. The highest BCUT2D eigenvalue weighted by molar-refractivity contribution is 6.09. The Labute approximate surface area is 181 Å². The van der Waals surface area contributed by atoms with Crippen molar-refractivity contribution >= 4 is 29.1 Å². The summed E-state index contributed by atoms with van der Waals surface area (Å²) in [7, 11) is 0. The molecule has 3 aromatic carbocycles. The molecule has 0 spiro atoms. The van der Waals surface area contributed by atoms with E-state index in [4.69, 9.17) is 0 Å². The average Bonchev–Trinajstić information content (AvgIpc) is 2.79. The van der Waals surface area contributed by atoms with Gasteiger partial charge in [0.1, 0.15) is 0 Å². The van der Waals surface area contributed by atoms with Crippen molar-refractivity contribution in [1.82, 2.24) is 5.32 Å². The predicted octanol–water partition coefficient (Wildman–Crippen LogP) is 4.61. The topological polar surface area (TPSA) is 87.3 Å². The van der Waals surface area contributed by atoms with Crippen LogP contribution in [0.15, 0.2) is 78.9 Å². The molecule has 0 saturated heterocycles. The van der Waals surface area contributed by atoms with E-state index in [0.29, 0.717) is 35.5 Å². The molecule has 0 aromatic heterocycles. The Morgan fingerprint density at radius 1 is 0.774 bits per heavy atom. The Hall–Kier alpha value is -3.93. The van der Waals surface area contributed by atoms with Crippen molar-refractivity contribution in [2.24, 2.45) is 0 Å². The van der Waals surface area contributed by atoms with Crippen LogP contribution in [0.2, 0.25) is 0 Å². The van der Waals surface area contributed by atoms with Crippen LogP contribution in [0.5, 0.6) is 0 Å². The molecule has 0 saturated carbocycles. The van der Waals surface area contributed by atoms with E-state index in [0.717, 1.165) is 12.0 Å². The van der Waals surface area contributed by atoms with Gasteiger partial charge in [-0.25, -0.2) is 0 Å². The second-order valence-electron chi connectivity index (χ2n) is 7.05. The molecule has 0 radical (unpaired) electrons. The lowest BCUT2D eigenvalue weighted by Gasteiger charge is -2.12. The summed E-state index contributed by atoms with van der Waals surface area (Å²) >= 11 is 0. The quantitative estimate of drug-likeness (QED) is 0.502. The van der Waals surface area contributed by atoms with Gasteiger partial charge in [0.25, 0.3) is 11.8 Å². The molecule has 6 heteroatoms. The zero-order valence-corrected chi connectivity index (χ0v) is 17.4. The number of carbonyl (C=O) groups is 3. The first kappa shape index (κ1) is 21.8. The summed E-state index contributed by atoms with van der Waals surface area (Å²) in [6, 6.07) is 23.2. The second kappa shape index (κ2) is 10.7. The van der Waals surface area contributed by atoms with E-state index in [-0.39, 0.29) is 17.7 Å². The fourth-order valence-electron chi connectivity index (χ4n) is 3.05. The molecule has 0 atom stereocenters. The maximum absolute atomic E-state index is 12.8. The SMILES string of the molecule is CCCC(=O)Nc1cccc(C(=O)Nc2ccccc2C(=O)NCc2ccccc2)c1. The highest BCUT2D eigenvalue weighted by atomic mass is 16.2. The molecule has 3 amide bonds. The second-order valence-corrected chi connectivity index (χ2v) is 7.05. The summed E-state index contributed by atoms with van der Waals surface area (Å²) in [5, 5.41) is 8.45. The normalized spacial score (nSPS) is 10.2. The number of nitrogens with one attached hydrogen (secondary N) is 3. The maximum atomic E-state index is 12.8. The van der Waals surface area contributed by atoms with Crippen molar-refractivity contribution in [2.75, 3.05) is 10.6 Å². The third-order valence-corrected chi connectivity index (χ3v) is 4.60. The van der Waals surface area contributed by atoms with Crippen LogP contribution < -0.4 is 16.0 Å². The lowest BCUT2D eigenvalue weighted by Crippen LogP contribution is -2.24. The smallest absolute Gasteiger partial charge is 0.255 e. The lowest BCUT2D eigenvalue weighted by atomic mass is 10.1. The summed E-state index contributed by atoms with van der Waals surface area (Å²) < 4.78 is 0. The maximum Gasteiger partial charge on any atom is 0.255 e. The van der Waals surface area contributed by atoms with Crippen molar-refractivity contribution in [2.45, 2.75) is 26.3 Å². The van der Waals surface area contributed by atoms with Gasteiger partial charge in [-0.3, -0.25) is 14.4 Å². The van der Waals surface area contributed by atoms with Gasteiger partial charge < -0.3 is 16.0 Å². The Morgan fingerprint density at radius 3 is 2.29 bits per heavy atom. The van der Waals surface area contributed by atoms with Crippen LogP contribution in [-0.2, 0) is 11.3 Å². The number of rotatable bonds is 8. The van der Waals surface area contributed by atoms with Crippen LogP contribution in [0.1, 0.15) is 46.0 Å². The molecule has 0 unspecified atom stereocenters. The van der Waals surface area contributed by atoms with Crippen molar-refractivity contribution in [1.29, 1.82) is 0 Å². The van der Waals surface area contributed by atoms with E-state index in [1.54, 1.807) is 48.5 Å². The highest BCUT2D eigenvalue weighted by Gasteiger charge is 2.14. The number of para-hydroxylation sites is 1. The minimum atomic E-state index is -0.366. The van der Waals surface area contributed by atoms with Crippen molar-refractivity contribution in [3.8, 4) is 0 Å². The van der Waals surface area contributed by atoms with Gasteiger partial charge in [-0.2, -0.15) is 0 Å². The van der Waals surface area contributed by atoms with Crippen LogP contribution in [0.3, 0.4) is 0 Å². The van der Waals surface area contributed by atoms with Crippen LogP contribution >= 0.6 is 0 Å². The standard InChI is InChI=1S/C25H25N3O3/c1-2-9-23(29)27-20-13-8-12-19(16-20)24(30)28-22-15-7-6-14-21(22)25(31)26-17-18-10-4-3-5-11-18/h3-8,10-16H,2,9,17H2,1H3,(H,26,31)(H,27,29)(H,28,30). The van der Waals surface area contributed by atoms with Crippen LogP contribution in [0.4, 0.5) is 11.4 Å². The average molecular weight is 415 g/mol. The number of benzene rings is 3. The van der Waals surface area contributed by atoms with Crippen LogP contribution in [0.25, 0.3) is 0 Å². The summed E-state index contributed by atoms with van der Waals surface area (Å²) in [5.41, 5.74) is 2.71. The Kier molecular flexibility index (Phi) is 7.54. The molecule has 3 N–H and O–H groups in total. The molecular formula is C25H25N3O3. The van der Waals surface area contributed by atoms with E-state index >= 15 is 0 Å². The van der Waals surface area contributed by atoms with Crippen LogP contribution in [-0.4, -0.2) is 17.7 Å². The Morgan fingerprint density at radius 2 is 1.52 bits per heavy atom. The van der Waals surface area contributed by atoms with Gasteiger partial charge in [-0.15, -0.1) is 0 Å². The van der Waals surface area contributed by atoms with Gasteiger partial charge in [0.05, 0.1) is 11.3 Å². The molecule has 0 aliphatic heterocycles. The Bertz CT molecular complexity index is 1060. The fraction of sp³-hybridized carbons (Fsp3) is 0.160. The van der Waals surface area contributed by atoms with E-state index in [1.807, 2.05) is 37.3 Å². The zero-order valence-electron chi connectivity index (χ0n) is 17.4. The summed E-state index contributed by atoms with van der Waals surface area (Å²) in [6.45, 7) is 2.32. The first-order chi connectivity index (χ1) is 15.1. The number of hydrogen-bond donors (Lipinski definition) is 3. The number of anilines is 2. The monoisotopic (exact) mass is 415 g/mol. The highest BCUT2D eigenvalue weighted by Crippen LogP contribution is 2.18. The lowest BCUT2D eigenvalue weighted by molar-refractivity contribution is -0.116. The molecule has 3 aromatic rings. The largest absolute Gasteiger partial charge is 0.348 e. The van der Waals surface area contributed by atoms with E-state index < -0.39 is 0 Å². The summed E-state index contributed by atoms with van der Waals surface area (Å²) in [4.78, 5) is 37.3. The molecule has 6 nitrogen and oxygen atoms in total. The van der Waals surface area contributed by atoms with E-state index in [1.165, 1.54) is 0 Å². The van der Waals surface area contributed by atoms with Crippen molar-refractivity contribution < 1.29 is 14.4 Å². The third-order valence-electron chi connectivity index (χ3n) is 4.60. The summed E-state index contributed by atoms with van der Waals surface area (Å²) in [5.74, 6) is -0.740. The predicted molar refractivity (Wildman–Crippen MR) is 122 cm³/mol. The third kappa shape index (κ3) is 6.27. The molecule has 0 aliphatic rings. The van der Waals surface area contributed by atoms with Gasteiger partial charge in [0.15, 0.2) is 0 Å². The molecule has 158 valence electrons. The first-order valence-electron chi connectivity index (χ1n) is 10.2. The van der Waals surface area contributed by atoms with Gasteiger partial charge >= 0.3 is 0 Å².